The minimum atomic E-state index is 1.17. The summed E-state index contributed by atoms with van der Waals surface area (Å²) in [6.45, 7) is 0. The molecule has 3 rings (SSSR count). The lowest BCUT2D eigenvalue weighted by Crippen LogP contribution is -1.91. The molecule has 80 valence electrons. The number of hydrogen-bond acceptors (Lipinski definition) is 0. The maximum Gasteiger partial charge on any atom is -0.0149 e. The highest BCUT2D eigenvalue weighted by atomic mass is 14.2. The normalized spacial score (nSPS) is 18.8. The van der Waals surface area contributed by atoms with Crippen molar-refractivity contribution < 1.29 is 0 Å². The van der Waals surface area contributed by atoms with E-state index in [1.165, 1.54) is 48.0 Å². The molecule has 16 heavy (non-hydrogen) atoms. The SMILES string of the molecule is C1=CCCC2=CCCc3ccccc3C2=C1. The third-order valence-corrected chi connectivity index (χ3v) is 3.44. The molecule has 0 fully saturated rings. The molecular formula is C16H16. The van der Waals surface area contributed by atoms with Gasteiger partial charge in [0.15, 0.2) is 0 Å². The summed E-state index contributed by atoms with van der Waals surface area (Å²) in [7, 11) is 0. The van der Waals surface area contributed by atoms with Gasteiger partial charge in [-0.2, -0.15) is 0 Å². The molecule has 0 nitrogen and oxygen atoms in total. The van der Waals surface area contributed by atoms with Crippen LogP contribution in [0.15, 0.2) is 54.1 Å². The summed E-state index contributed by atoms with van der Waals surface area (Å²) in [5.41, 5.74) is 5.92. The second-order valence-corrected chi connectivity index (χ2v) is 4.47. The molecule has 0 amide bonds. The molecule has 0 atom stereocenters. The van der Waals surface area contributed by atoms with E-state index in [1.807, 2.05) is 0 Å². The van der Waals surface area contributed by atoms with Crippen molar-refractivity contribution in [3.8, 4) is 0 Å². The van der Waals surface area contributed by atoms with Crippen LogP contribution in [0.25, 0.3) is 5.57 Å². The highest BCUT2D eigenvalue weighted by Crippen LogP contribution is 2.34. The van der Waals surface area contributed by atoms with E-state index in [9.17, 15) is 0 Å². The van der Waals surface area contributed by atoms with Crippen molar-refractivity contribution in [1.29, 1.82) is 0 Å². The minimum absolute atomic E-state index is 1.17. The number of allylic oxidation sites excluding steroid dienone is 6. The first-order chi connectivity index (χ1) is 7.95. The first kappa shape index (κ1) is 9.65. The number of benzene rings is 1. The summed E-state index contributed by atoms with van der Waals surface area (Å²) in [5, 5.41) is 0. The van der Waals surface area contributed by atoms with Crippen LogP contribution >= 0.6 is 0 Å². The topological polar surface area (TPSA) is 0 Å². The fourth-order valence-corrected chi connectivity index (χ4v) is 2.62. The first-order valence-electron chi connectivity index (χ1n) is 6.09. The van der Waals surface area contributed by atoms with Gasteiger partial charge in [-0.25, -0.2) is 0 Å². The third-order valence-electron chi connectivity index (χ3n) is 3.44. The molecule has 0 N–H and O–H groups in total. The van der Waals surface area contributed by atoms with E-state index >= 15 is 0 Å². The molecule has 0 unspecified atom stereocenters. The van der Waals surface area contributed by atoms with Gasteiger partial charge in [0.05, 0.1) is 0 Å². The van der Waals surface area contributed by atoms with Gasteiger partial charge >= 0.3 is 0 Å². The van der Waals surface area contributed by atoms with E-state index in [1.54, 1.807) is 0 Å². The average Bonchev–Trinajstić information content (AvgIpc) is 2.62. The lowest BCUT2D eigenvalue weighted by Gasteiger charge is -2.11. The predicted molar refractivity (Wildman–Crippen MR) is 69.2 cm³/mol. The molecule has 1 aromatic rings. The van der Waals surface area contributed by atoms with Crippen LogP contribution in [-0.4, -0.2) is 0 Å². The van der Waals surface area contributed by atoms with Crippen molar-refractivity contribution in [3.05, 3.63) is 65.3 Å². The molecule has 0 heterocycles. The maximum absolute atomic E-state index is 2.43. The van der Waals surface area contributed by atoms with Crippen molar-refractivity contribution in [1.82, 2.24) is 0 Å². The van der Waals surface area contributed by atoms with Gasteiger partial charge in [-0.15, -0.1) is 0 Å². The standard InChI is InChI=1S/C16H16/c1-2-7-13-9-6-10-14-8-4-5-12-16(14)15(13)11-3-1/h1,3-5,8-9,11-12H,2,6-7,10H2. The average molecular weight is 208 g/mol. The Balaban J connectivity index is 2.17. The Morgan fingerprint density at radius 3 is 2.88 bits per heavy atom. The molecule has 0 saturated heterocycles. The van der Waals surface area contributed by atoms with Gasteiger partial charge in [-0.05, 0) is 48.0 Å². The van der Waals surface area contributed by atoms with E-state index in [-0.39, 0.29) is 0 Å². The first-order valence-corrected chi connectivity index (χ1v) is 6.09. The largest absolute Gasteiger partial charge is 0.0842 e. The van der Waals surface area contributed by atoms with Gasteiger partial charge in [0.25, 0.3) is 0 Å². The van der Waals surface area contributed by atoms with Crippen molar-refractivity contribution in [2.75, 3.05) is 0 Å². The Morgan fingerprint density at radius 1 is 0.938 bits per heavy atom. The van der Waals surface area contributed by atoms with E-state index in [0.29, 0.717) is 0 Å². The van der Waals surface area contributed by atoms with Crippen LogP contribution in [0.2, 0.25) is 0 Å². The molecule has 0 spiro atoms. The zero-order valence-electron chi connectivity index (χ0n) is 9.45. The second-order valence-electron chi connectivity index (χ2n) is 4.47. The highest BCUT2D eigenvalue weighted by Gasteiger charge is 2.14. The zero-order chi connectivity index (χ0) is 10.8. The zero-order valence-corrected chi connectivity index (χ0v) is 9.45. The van der Waals surface area contributed by atoms with Gasteiger partial charge in [-0.1, -0.05) is 48.6 Å². The van der Waals surface area contributed by atoms with Crippen LogP contribution in [0.1, 0.15) is 30.4 Å². The number of fused-ring (bicyclic) bond motifs is 3. The van der Waals surface area contributed by atoms with E-state index in [0.717, 1.165) is 0 Å². The molecule has 1 aromatic carbocycles. The molecule has 0 aliphatic heterocycles. The number of aryl methyl sites for hydroxylation is 1. The molecule has 0 saturated carbocycles. The maximum atomic E-state index is 2.43. The van der Waals surface area contributed by atoms with Crippen LogP contribution in [0.5, 0.6) is 0 Å². The predicted octanol–water partition coefficient (Wildman–Crippen LogP) is 4.29. The number of hydrogen-bond donors (Lipinski definition) is 0. The van der Waals surface area contributed by atoms with Crippen LogP contribution in [0.3, 0.4) is 0 Å². The van der Waals surface area contributed by atoms with Gasteiger partial charge in [0.1, 0.15) is 0 Å². The van der Waals surface area contributed by atoms with Gasteiger partial charge < -0.3 is 0 Å². The fourth-order valence-electron chi connectivity index (χ4n) is 2.62. The lowest BCUT2D eigenvalue weighted by atomic mass is 9.93. The minimum Gasteiger partial charge on any atom is -0.0842 e. The Hall–Kier alpha value is -1.56. The Bertz CT molecular complexity index is 487. The van der Waals surface area contributed by atoms with E-state index in [2.05, 4.69) is 48.6 Å². The summed E-state index contributed by atoms with van der Waals surface area (Å²) in [6, 6.07) is 8.83. The van der Waals surface area contributed by atoms with Gasteiger partial charge in [-0.3, -0.25) is 0 Å². The summed E-state index contributed by atoms with van der Waals surface area (Å²) in [5.74, 6) is 0. The molecule has 0 bridgehead atoms. The van der Waals surface area contributed by atoms with Crippen LogP contribution in [0, 0.1) is 0 Å². The van der Waals surface area contributed by atoms with Crippen LogP contribution in [0.4, 0.5) is 0 Å². The Kier molecular flexibility index (Phi) is 2.49. The summed E-state index contributed by atoms with van der Waals surface area (Å²) < 4.78 is 0. The van der Waals surface area contributed by atoms with Crippen molar-refractivity contribution >= 4 is 5.57 Å². The van der Waals surface area contributed by atoms with Crippen molar-refractivity contribution in [3.63, 3.8) is 0 Å². The second kappa shape index (κ2) is 4.13. The molecule has 2 aliphatic rings. The van der Waals surface area contributed by atoms with E-state index in [4.69, 9.17) is 0 Å². The molecule has 0 heteroatoms. The number of rotatable bonds is 0. The monoisotopic (exact) mass is 208 g/mol. The van der Waals surface area contributed by atoms with Gasteiger partial charge in [0.2, 0.25) is 0 Å². The van der Waals surface area contributed by atoms with Crippen LogP contribution in [-0.2, 0) is 6.42 Å². The van der Waals surface area contributed by atoms with Crippen LogP contribution < -0.4 is 0 Å². The summed E-state index contributed by atoms with van der Waals surface area (Å²) >= 11 is 0. The summed E-state index contributed by atoms with van der Waals surface area (Å²) in [4.78, 5) is 0. The molecule has 2 aliphatic carbocycles. The quantitative estimate of drug-likeness (QED) is 0.596. The third kappa shape index (κ3) is 1.65. The molecule has 0 aromatic heterocycles. The fraction of sp³-hybridized carbons (Fsp3) is 0.250. The summed E-state index contributed by atoms with van der Waals surface area (Å²) in [6.07, 6.45) is 13.9. The Morgan fingerprint density at radius 2 is 1.88 bits per heavy atom. The smallest absolute Gasteiger partial charge is 0.0149 e. The van der Waals surface area contributed by atoms with Crippen molar-refractivity contribution in [2.24, 2.45) is 0 Å². The van der Waals surface area contributed by atoms with Crippen molar-refractivity contribution in [2.45, 2.75) is 25.7 Å². The van der Waals surface area contributed by atoms with E-state index < -0.39 is 0 Å². The lowest BCUT2D eigenvalue weighted by molar-refractivity contribution is 0.973. The highest BCUT2D eigenvalue weighted by molar-refractivity contribution is 5.82. The molecular weight excluding hydrogens is 192 g/mol. The van der Waals surface area contributed by atoms with Gasteiger partial charge in [0, 0.05) is 0 Å². The Labute approximate surface area is 97.0 Å². The molecule has 0 radical (unpaired) electrons.